The van der Waals surface area contributed by atoms with Crippen LogP contribution in [-0.2, 0) is 4.74 Å². The molecule has 0 radical (unpaired) electrons. The predicted octanol–water partition coefficient (Wildman–Crippen LogP) is 2.11. The quantitative estimate of drug-likeness (QED) is 0.881. The zero-order valence-corrected chi connectivity index (χ0v) is 11.1. The summed E-state index contributed by atoms with van der Waals surface area (Å²) in [6, 6.07) is 14.9. The van der Waals surface area contributed by atoms with Crippen molar-refractivity contribution in [3.8, 4) is 0 Å². The van der Waals surface area contributed by atoms with Gasteiger partial charge in [-0.3, -0.25) is 0 Å². The van der Waals surface area contributed by atoms with Crippen LogP contribution in [0.4, 0.5) is 0 Å². The number of aliphatic hydroxyl groups excluding tert-OH is 1. The Labute approximate surface area is 113 Å². The number of rotatable bonds is 4. The van der Waals surface area contributed by atoms with Gasteiger partial charge in [0.05, 0.1) is 25.2 Å². The summed E-state index contributed by atoms with van der Waals surface area (Å²) in [5.74, 6) is 0. The van der Waals surface area contributed by atoms with Crippen molar-refractivity contribution >= 4 is 10.8 Å². The van der Waals surface area contributed by atoms with E-state index in [9.17, 15) is 5.11 Å². The first-order valence-corrected chi connectivity index (χ1v) is 6.64. The molecule has 0 aliphatic carbocycles. The summed E-state index contributed by atoms with van der Waals surface area (Å²) >= 11 is 0. The average molecular weight is 257 g/mol. The first-order chi connectivity index (χ1) is 9.29. The second-order valence-corrected chi connectivity index (χ2v) is 5.34. The van der Waals surface area contributed by atoms with Crippen molar-refractivity contribution in [3.05, 3.63) is 48.0 Å². The fourth-order valence-corrected chi connectivity index (χ4v) is 2.93. The maximum atomic E-state index is 9.69. The van der Waals surface area contributed by atoms with Crippen LogP contribution in [0.5, 0.6) is 0 Å². The lowest BCUT2D eigenvalue weighted by Crippen LogP contribution is -2.53. The molecule has 100 valence electrons. The molecule has 3 rings (SSSR count). The lowest BCUT2D eigenvalue weighted by molar-refractivity contribution is -0.155. The van der Waals surface area contributed by atoms with Crippen molar-refractivity contribution in [2.45, 2.75) is 6.04 Å². The highest BCUT2D eigenvalue weighted by Crippen LogP contribution is 2.40. The molecule has 1 unspecified atom stereocenters. The normalized spacial score (nSPS) is 19.1. The van der Waals surface area contributed by atoms with Gasteiger partial charge in [0, 0.05) is 6.04 Å². The highest BCUT2D eigenvalue weighted by atomic mass is 16.5. The van der Waals surface area contributed by atoms with Gasteiger partial charge in [-0.1, -0.05) is 36.4 Å². The third kappa shape index (κ3) is 2.04. The molecule has 0 amide bonds. The number of ether oxygens (including phenoxy) is 1. The summed E-state index contributed by atoms with van der Waals surface area (Å²) in [5.41, 5.74) is 1.02. The first kappa shape index (κ1) is 12.6. The monoisotopic (exact) mass is 257 g/mol. The van der Waals surface area contributed by atoms with Crippen LogP contribution in [0.25, 0.3) is 10.8 Å². The summed E-state index contributed by atoms with van der Waals surface area (Å²) in [7, 11) is 1.94. The summed E-state index contributed by atoms with van der Waals surface area (Å²) in [6.07, 6.45) is 0. The second kappa shape index (κ2) is 4.93. The van der Waals surface area contributed by atoms with Gasteiger partial charge in [0.15, 0.2) is 0 Å². The number of hydrogen-bond acceptors (Lipinski definition) is 3. The van der Waals surface area contributed by atoms with Crippen LogP contribution in [0.2, 0.25) is 0 Å². The van der Waals surface area contributed by atoms with Gasteiger partial charge in [-0.05, 0) is 29.4 Å². The van der Waals surface area contributed by atoms with Crippen molar-refractivity contribution in [1.82, 2.24) is 5.32 Å². The Balaban J connectivity index is 2.01. The third-order valence-corrected chi connectivity index (χ3v) is 4.10. The van der Waals surface area contributed by atoms with Crippen LogP contribution in [0.15, 0.2) is 42.5 Å². The molecule has 1 heterocycles. The van der Waals surface area contributed by atoms with Gasteiger partial charge in [0.1, 0.15) is 0 Å². The Morgan fingerprint density at radius 2 is 1.95 bits per heavy atom. The van der Waals surface area contributed by atoms with Crippen LogP contribution in [-0.4, -0.2) is 32.0 Å². The van der Waals surface area contributed by atoms with Crippen molar-refractivity contribution in [3.63, 3.8) is 0 Å². The van der Waals surface area contributed by atoms with Gasteiger partial charge in [-0.2, -0.15) is 0 Å². The fourth-order valence-electron chi connectivity index (χ4n) is 2.93. The maximum Gasteiger partial charge on any atom is 0.0596 e. The molecular weight excluding hydrogens is 238 g/mol. The smallest absolute Gasteiger partial charge is 0.0596 e. The SMILES string of the molecule is CNC(c1ccc2ccccc2c1)C1(CO)COC1. The van der Waals surface area contributed by atoms with Crippen molar-refractivity contribution in [2.75, 3.05) is 26.9 Å². The molecule has 3 heteroatoms. The molecule has 2 aromatic carbocycles. The van der Waals surface area contributed by atoms with Gasteiger partial charge < -0.3 is 15.2 Å². The zero-order chi connectivity index (χ0) is 13.3. The van der Waals surface area contributed by atoms with E-state index < -0.39 is 0 Å². The molecule has 1 aliphatic rings. The molecule has 1 atom stereocenters. The molecule has 1 saturated heterocycles. The van der Waals surface area contributed by atoms with E-state index >= 15 is 0 Å². The molecule has 3 nitrogen and oxygen atoms in total. The molecule has 2 N–H and O–H groups in total. The molecule has 19 heavy (non-hydrogen) atoms. The second-order valence-electron chi connectivity index (χ2n) is 5.34. The van der Waals surface area contributed by atoms with Gasteiger partial charge in [0.2, 0.25) is 0 Å². The highest BCUT2D eigenvalue weighted by molar-refractivity contribution is 5.83. The van der Waals surface area contributed by atoms with E-state index in [2.05, 4.69) is 41.7 Å². The Bertz CT molecular complexity index is 572. The molecule has 0 saturated carbocycles. The molecule has 1 fully saturated rings. The minimum Gasteiger partial charge on any atom is -0.396 e. The van der Waals surface area contributed by atoms with Gasteiger partial charge >= 0.3 is 0 Å². The van der Waals surface area contributed by atoms with Crippen molar-refractivity contribution in [1.29, 1.82) is 0 Å². The lowest BCUT2D eigenvalue weighted by Gasteiger charge is -2.46. The number of fused-ring (bicyclic) bond motifs is 1. The molecular formula is C16H19NO2. The van der Waals surface area contributed by atoms with Crippen molar-refractivity contribution < 1.29 is 9.84 Å². The third-order valence-electron chi connectivity index (χ3n) is 4.10. The largest absolute Gasteiger partial charge is 0.396 e. The van der Waals surface area contributed by atoms with Crippen LogP contribution in [0.1, 0.15) is 11.6 Å². The minimum atomic E-state index is -0.183. The Kier molecular flexibility index (Phi) is 3.27. The van der Waals surface area contributed by atoms with E-state index in [-0.39, 0.29) is 18.1 Å². The number of benzene rings is 2. The molecule has 0 spiro atoms. The summed E-state index contributed by atoms with van der Waals surface area (Å²) in [6.45, 7) is 1.37. The standard InChI is InChI=1S/C16H19NO2/c1-17-15(16(9-18)10-19-11-16)14-7-6-12-4-2-3-5-13(12)8-14/h2-8,15,17-18H,9-11H2,1H3. The van der Waals surface area contributed by atoms with E-state index in [0.29, 0.717) is 13.2 Å². The summed E-state index contributed by atoms with van der Waals surface area (Å²) in [4.78, 5) is 0. The Morgan fingerprint density at radius 1 is 1.21 bits per heavy atom. The number of hydrogen-bond donors (Lipinski definition) is 2. The first-order valence-electron chi connectivity index (χ1n) is 6.64. The van der Waals surface area contributed by atoms with Gasteiger partial charge in [0.25, 0.3) is 0 Å². The lowest BCUT2D eigenvalue weighted by atomic mass is 9.75. The highest BCUT2D eigenvalue weighted by Gasteiger charge is 2.45. The molecule has 1 aliphatic heterocycles. The van der Waals surface area contributed by atoms with Crippen LogP contribution in [0.3, 0.4) is 0 Å². The summed E-state index contributed by atoms with van der Waals surface area (Å²) in [5, 5.41) is 15.5. The Hall–Kier alpha value is -1.42. The summed E-state index contributed by atoms with van der Waals surface area (Å²) < 4.78 is 5.32. The topological polar surface area (TPSA) is 41.5 Å². The fraction of sp³-hybridized carbons (Fsp3) is 0.375. The van der Waals surface area contributed by atoms with Gasteiger partial charge in [-0.15, -0.1) is 0 Å². The molecule has 2 aromatic rings. The predicted molar refractivity (Wildman–Crippen MR) is 76.1 cm³/mol. The van der Waals surface area contributed by atoms with E-state index in [4.69, 9.17) is 4.74 Å². The van der Waals surface area contributed by atoms with E-state index in [1.54, 1.807) is 0 Å². The van der Waals surface area contributed by atoms with Crippen LogP contribution >= 0.6 is 0 Å². The number of aliphatic hydroxyl groups is 1. The van der Waals surface area contributed by atoms with Gasteiger partial charge in [-0.25, -0.2) is 0 Å². The van der Waals surface area contributed by atoms with Crippen molar-refractivity contribution in [2.24, 2.45) is 5.41 Å². The maximum absolute atomic E-state index is 9.69. The van der Waals surface area contributed by atoms with E-state index in [0.717, 1.165) is 0 Å². The molecule has 0 bridgehead atoms. The molecule has 0 aromatic heterocycles. The zero-order valence-electron chi connectivity index (χ0n) is 11.1. The Morgan fingerprint density at radius 3 is 2.53 bits per heavy atom. The number of nitrogens with one attached hydrogen (secondary N) is 1. The van der Waals surface area contributed by atoms with E-state index in [1.807, 2.05) is 13.1 Å². The van der Waals surface area contributed by atoms with E-state index in [1.165, 1.54) is 16.3 Å². The van der Waals surface area contributed by atoms with Crippen LogP contribution in [0, 0.1) is 5.41 Å². The van der Waals surface area contributed by atoms with Crippen LogP contribution < -0.4 is 5.32 Å². The minimum absolute atomic E-state index is 0.121. The average Bonchev–Trinajstić information content (AvgIpc) is 2.42.